The van der Waals surface area contributed by atoms with Crippen molar-refractivity contribution in [3.05, 3.63) is 90.9 Å². The van der Waals surface area contributed by atoms with E-state index < -0.39 is 0 Å². The van der Waals surface area contributed by atoms with Gasteiger partial charge in [-0.1, -0.05) is 30.3 Å². The highest BCUT2D eigenvalue weighted by Crippen LogP contribution is 2.26. The van der Waals surface area contributed by atoms with Crippen LogP contribution in [-0.2, 0) is 6.54 Å². The smallest absolute Gasteiger partial charge is 0.227 e. The van der Waals surface area contributed by atoms with Gasteiger partial charge in [0.2, 0.25) is 5.89 Å². The fourth-order valence-electron chi connectivity index (χ4n) is 2.80. The van der Waals surface area contributed by atoms with E-state index in [1.165, 1.54) is 5.56 Å². The summed E-state index contributed by atoms with van der Waals surface area (Å²) in [5, 5.41) is 0. The Morgan fingerprint density at radius 1 is 0.889 bits per heavy atom. The van der Waals surface area contributed by atoms with Crippen molar-refractivity contribution < 1.29 is 26.1 Å². The molecule has 0 saturated carbocycles. The number of ether oxygens (including phenoxy) is 1. The van der Waals surface area contributed by atoms with Gasteiger partial charge in [0.15, 0.2) is 24.7 Å². The first kappa shape index (κ1) is 18.7. The van der Waals surface area contributed by atoms with Crippen LogP contribution in [0.5, 0.6) is 5.75 Å². The van der Waals surface area contributed by atoms with E-state index in [0.29, 0.717) is 5.89 Å². The highest BCUT2D eigenvalue weighted by atomic mass is 35.5. The molecule has 5 heteroatoms. The van der Waals surface area contributed by atoms with Crippen molar-refractivity contribution in [3.8, 4) is 28.5 Å². The molecule has 0 bridgehead atoms. The number of aromatic nitrogens is 2. The number of hydrogen-bond acceptors (Lipinski definition) is 3. The third-order valence-electron chi connectivity index (χ3n) is 4.23. The molecule has 2 aromatic carbocycles. The number of halogens is 1. The summed E-state index contributed by atoms with van der Waals surface area (Å²) in [7, 11) is 1.65. The molecule has 27 heavy (non-hydrogen) atoms. The molecule has 4 aromatic rings. The first-order valence-electron chi connectivity index (χ1n) is 8.45. The van der Waals surface area contributed by atoms with Crippen LogP contribution in [0, 0.1) is 0 Å². The minimum Gasteiger partial charge on any atom is -1.00 e. The quantitative estimate of drug-likeness (QED) is 0.492. The maximum absolute atomic E-state index is 5.93. The molecule has 0 unspecified atom stereocenters. The molecule has 2 heterocycles. The normalized spacial score (nSPS) is 10.3. The summed E-state index contributed by atoms with van der Waals surface area (Å²) < 4.78 is 13.2. The fourth-order valence-corrected chi connectivity index (χ4v) is 2.80. The van der Waals surface area contributed by atoms with Crippen LogP contribution in [0.25, 0.3) is 22.8 Å². The molecule has 136 valence electrons. The molecule has 0 saturated heterocycles. The molecule has 0 aliphatic rings. The zero-order chi connectivity index (χ0) is 17.8. The molecule has 0 N–H and O–H groups in total. The number of benzene rings is 2. The second-order valence-electron chi connectivity index (χ2n) is 6.00. The van der Waals surface area contributed by atoms with E-state index in [1.54, 1.807) is 13.3 Å². The number of oxazole rings is 1. The largest absolute Gasteiger partial charge is 1.00 e. The first-order chi connectivity index (χ1) is 12.8. The second kappa shape index (κ2) is 8.52. The Balaban J connectivity index is 0.00000210. The monoisotopic (exact) mass is 378 g/mol. The number of rotatable bonds is 5. The molecule has 0 aliphatic carbocycles. The van der Waals surface area contributed by atoms with Gasteiger partial charge in [0, 0.05) is 28.8 Å². The van der Waals surface area contributed by atoms with Gasteiger partial charge in [0.05, 0.1) is 13.3 Å². The third-order valence-corrected chi connectivity index (χ3v) is 4.23. The number of nitrogens with zero attached hydrogens (tertiary/aromatic N) is 2. The topological polar surface area (TPSA) is 39.1 Å². The summed E-state index contributed by atoms with van der Waals surface area (Å²) in [5.41, 5.74) is 3.19. The van der Waals surface area contributed by atoms with Gasteiger partial charge in [0.1, 0.15) is 5.75 Å². The van der Waals surface area contributed by atoms with Crippen molar-refractivity contribution in [1.82, 2.24) is 4.98 Å². The van der Waals surface area contributed by atoms with Crippen LogP contribution in [0.15, 0.2) is 89.7 Å². The summed E-state index contributed by atoms with van der Waals surface area (Å²) in [5.74, 6) is 2.17. The summed E-state index contributed by atoms with van der Waals surface area (Å²) >= 11 is 0. The van der Waals surface area contributed by atoms with Crippen molar-refractivity contribution in [3.63, 3.8) is 0 Å². The minimum atomic E-state index is 0. The lowest BCUT2D eigenvalue weighted by Crippen LogP contribution is -3.00. The minimum absolute atomic E-state index is 0. The molecule has 0 fully saturated rings. The van der Waals surface area contributed by atoms with Gasteiger partial charge in [-0.05, 0) is 24.3 Å². The van der Waals surface area contributed by atoms with Gasteiger partial charge in [-0.15, -0.1) is 0 Å². The van der Waals surface area contributed by atoms with E-state index in [9.17, 15) is 0 Å². The Morgan fingerprint density at radius 2 is 1.59 bits per heavy atom. The average Bonchev–Trinajstić information content (AvgIpc) is 3.20. The first-order valence-corrected chi connectivity index (χ1v) is 8.45. The van der Waals surface area contributed by atoms with Crippen molar-refractivity contribution in [2.45, 2.75) is 6.54 Å². The third kappa shape index (κ3) is 4.36. The maximum atomic E-state index is 5.93. The predicted octanol–water partition coefficient (Wildman–Crippen LogP) is 1.36. The number of pyridine rings is 1. The molecule has 0 spiro atoms. The number of hydrogen-bond donors (Lipinski definition) is 0. The van der Waals surface area contributed by atoms with Gasteiger partial charge < -0.3 is 21.6 Å². The molecule has 0 atom stereocenters. The van der Waals surface area contributed by atoms with Gasteiger partial charge in [0.25, 0.3) is 0 Å². The lowest BCUT2D eigenvalue weighted by Gasteiger charge is -2.00. The molecule has 0 aliphatic heterocycles. The molecule has 2 aromatic heterocycles. The predicted molar refractivity (Wildman–Crippen MR) is 99.7 cm³/mol. The lowest BCUT2D eigenvalue weighted by atomic mass is 10.2. The van der Waals surface area contributed by atoms with Crippen LogP contribution in [0.2, 0.25) is 0 Å². The van der Waals surface area contributed by atoms with Crippen LogP contribution in [0.3, 0.4) is 0 Å². The molecular formula is C22H19ClN2O2. The Bertz CT molecular complexity index is 981. The second-order valence-corrected chi connectivity index (χ2v) is 6.00. The Kier molecular flexibility index (Phi) is 5.89. The molecule has 4 nitrogen and oxygen atoms in total. The molecule has 0 amide bonds. The van der Waals surface area contributed by atoms with Gasteiger partial charge in [-0.2, -0.15) is 0 Å². The summed E-state index contributed by atoms with van der Waals surface area (Å²) in [6.45, 7) is 0.837. The lowest BCUT2D eigenvalue weighted by molar-refractivity contribution is -0.688. The van der Waals surface area contributed by atoms with Crippen LogP contribution in [-0.4, -0.2) is 12.1 Å². The van der Waals surface area contributed by atoms with Crippen molar-refractivity contribution in [2.24, 2.45) is 0 Å². The highest BCUT2D eigenvalue weighted by molar-refractivity contribution is 5.61. The average molecular weight is 379 g/mol. The summed E-state index contributed by atoms with van der Waals surface area (Å²) in [6, 6.07) is 22.2. The van der Waals surface area contributed by atoms with Crippen LogP contribution in [0.1, 0.15) is 5.56 Å². The van der Waals surface area contributed by atoms with E-state index in [0.717, 1.165) is 29.2 Å². The Labute approximate surface area is 164 Å². The molecule has 4 rings (SSSR count). The van der Waals surface area contributed by atoms with Gasteiger partial charge in [-0.3, -0.25) is 0 Å². The molecule has 0 radical (unpaired) electrons. The SMILES string of the molecule is COc1ccc(-c2cnc(-c3cc[n+](Cc4ccccc4)cc3)o2)cc1.[Cl-]. The Hall–Kier alpha value is -3.11. The van der Waals surface area contributed by atoms with Gasteiger partial charge >= 0.3 is 0 Å². The zero-order valence-corrected chi connectivity index (χ0v) is 15.6. The van der Waals surface area contributed by atoms with Crippen LogP contribution in [0.4, 0.5) is 0 Å². The zero-order valence-electron chi connectivity index (χ0n) is 14.9. The number of methoxy groups -OCH3 is 1. The summed E-state index contributed by atoms with van der Waals surface area (Å²) in [6.07, 6.45) is 5.83. The van der Waals surface area contributed by atoms with E-state index >= 15 is 0 Å². The van der Waals surface area contributed by atoms with Crippen LogP contribution >= 0.6 is 0 Å². The van der Waals surface area contributed by atoms with E-state index in [2.05, 4.69) is 33.8 Å². The Morgan fingerprint density at radius 3 is 2.26 bits per heavy atom. The van der Waals surface area contributed by atoms with Crippen LogP contribution < -0.4 is 21.7 Å². The van der Waals surface area contributed by atoms with Crippen molar-refractivity contribution in [2.75, 3.05) is 7.11 Å². The maximum Gasteiger partial charge on any atom is 0.227 e. The highest BCUT2D eigenvalue weighted by Gasteiger charge is 2.11. The summed E-state index contributed by atoms with van der Waals surface area (Å²) in [4.78, 5) is 4.41. The van der Waals surface area contributed by atoms with Crippen molar-refractivity contribution in [1.29, 1.82) is 0 Å². The van der Waals surface area contributed by atoms with E-state index in [-0.39, 0.29) is 12.4 Å². The molecular weight excluding hydrogens is 360 g/mol. The van der Waals surface area contributed by atoms with E-state index in [1.807, 2.05) is 54.9 Å². The van der Waals surface area contributed by atoms with Gasteiger partial charge in [-0.25, -0.2) is 9.55 Å². The fraction of sp³-hybridized carbons (Fsp3) is 0.0909. The van der Waals surface area contributed by atoms with E-state index in [4.69, 9.17) is 9.15 Å². The van der Waals surface area contributed by atoms with Crippen molar-refractivity contribution >= 4 is 0 Å². The standard InChI is InChI=1S/C22H19N2O2.ClH/c1-25-20-9-7-18(8-10-20)21-15-23-22(26-21)19-11-13-24(14-12-19)16-17-5-3-2-4-6-17;/h2-15H,16H2,1H3;1H/q+1;/p-1.